The highest BCUT2D eigenvalue weighted by Gasteiger charge is 2.51. The third-order valence-electron chi connectivity index (χ3n) is 13.1. The Labute approximate surface area is 441 Å². The Morgan fingerprint density at radius 1 is 0.892 bits per heavy atom. The van der Waals surface area contributed by atoms with Crippen molar-refractivity contribution in [2.45, 2.75) is 136 Å². The molecule has 0 bridgehead atoms. The highest BCUT2D eigenvalue weighted by molar-refractivity contribution is 7.81. The summed E-state index contributed by atoms with van der Waals surface area (Å²) >= 11 is 7.22. The summed E-state index contributed by atoms with van der Waals surface area (Å²) in [4.78, 5) is 63.7. The van der Waals surface area contributed by atoms with Crippen LogP contribution in [0.4, 0.5) is 24.5 Å². The van der Waals surface area contributed by atoms with Crippen LogP contribution in [0.1, 0.15) is 121 Å². The number of halogens is 3. The van der Waals surface area contributed by atoms with E-state index < -0.39 is 46.2 Å². The molecule has 0 saturated carbocycles. The van der Waals surface area contributed by atoms with E-state index in [0.717, 1.165) is 83.7 Å². The number of aromatic nitrogens is 1. The van der Waals surface area contributed by atoms with E-state index in [0.29, 0.717) is 76.8 Å². The van der Waals surface area contributed by atoms with E-state index in [1.54, 1.807) is 65.3 Å². The van der Waals surface area contributed by atoms with E-state index in [2.05, 4.69) is 15.6 Å². The van der Waals surface area contributed by atoms with Crippen LogP contribution in [-0.2, 0) is 41.4 Å². The number of likely N-dealkylation sites (tertiary alicyclic amines) is 1. The molecule has 3 heterocycles. The van der Waals surface area contributed by atoms with Gasteiger partial charge < -0.3 is 34.6 Å². The number of thiazole rings is 1. The van der Waals surface area contributed by atoms with Crippen LogP contribution in [0.25, 0.3) is 10.4 Å². The molecule has 6 rings (SSSR count). The Hall–Kier alpha value is -5.94. The van der Waals surface area contributed by atoms with Crippen molar-refractivity contribution in [1.29, 1.82) is 5.26 Å². The number of ether oxygens (including phenoxy) is 3. The minimum Gasteiger partial charge on any atom is -0.494 e. The van der Waals surface area contributed by atoms with Gasteiger partial charge in [0, 0.05) is 51.6 Å². The Balaban J connectivity index is 0.788. The van der Waals surface area contributed by atoms with E-state index in [1.165, 1.54) is 6.07 Å². The van der Waals surface area contributed by atoms with Gasteiger partial charge in [-0.3, -0.25) is 24.1 Å². The van der Waals surface area contributed by atoms with Crippen LogP contribution in [0, 0.1) is 23.7 Å². The minimum absolute atomic E-state index is 0.0166. The van der Waals surface area contributed by atoms with Gasteiger partial charge in [-0.25, -0.2) is 4.98 Å². The second-order valence-corrected chi connectivity index (χ2v) is 21.4. The summed E-state index contributed by atoms with van der Waals surface area (Å²) in [5.74, 6) is -0.493. The van der Waals surface area contributed by atoms with Crippen LogP contribution in [0.2, 0.25) is 0 Å². The molecule has 2 aliphatic rings. The van der Waals surface area contributed by atoms with Gasteiger partial charge in [0.05, 0.1) is 45.6 Å². The number of hydrogen-bond donors (Lipinski definition) is 2. The first-order chi connectivity index (χ1) is 35.2. The van der Waals surface area contributed by atoms with E-state index >= 15 is 0 Å². The number of nitrogens with one attached hydrogen (secondary N) is 2. The Kier molecular flexibility index (Phi) is 20.2. The summed E-state index contributed by atoms with van der Waals surface area (Å²) in [5, 5.41) is 15.2. The standard InChI is InChI=1S/C55H68F3N7O7S2/c1-37-47(74-36-61-37)39-19-17-38(18-20-39)35-60-49(67)45-15-14-27-63(45)50(68)48(53(2,3)4)62-46(66)16-8-7-9-28-70-29-10-11-30-71-31-12-13-32-72-43-25-23-41(24-26-43)65-52(73)64(51(69)54(65,5)6)42-22-21-40(34-59)44(33-42)55(56,57)58/h17-26,33,36,45,48H,7-16,27-32,35H2,1-6H3,(H,60,67)(H,62,66)/t45-,48?/m0/s1. The number of unbranched alkanes of at least 4 members (excludes halogenated alkanes) is 4. The molecule has 1 unspecified atom stereocenters. The second-order valence-electron chi connectivity index (χ2n) is 20.2. The quantitative estimate of drug-likeness (QED) is 0.0479. The first-order valence-electron chi connectivity index (χ1n) is 25.3. The SMILES string of the molecule is Cc1ncsc1-c1ccc(CNC(=O)[C@@H]2CCCN2C(=O)C(NC(=O)CCCCCOCCCCOCCCCOc2ccc(N3C(=S)N(c4ccc(C#N)c(C(F)(F)F)c4)C(=O)C3(C)C)cc2)C(C)(C)C)cc1. The van der Waals surface area contributed by atoms with Crippen LogP contribution in [0.15, 0.2) is 72.2 Å². The molecule has 1 aromatic heterocycles. The highest BCUT2D eigenvalue weighted by Crippen LogP contribution is 2.40. The van der Waals surface area contributed by atoms with E-state index in [1.807, 2.05) is 57.5 Å². The monoisotopic (exact) mass is 1060 g/mol. The van der Waals surface area contributed by atoms with Gasteiger partial charge in [0.15, 0.2) is 5.11 Å². The summed E-state index contributed by atoms with van der Waals surface area (Å²) in [6.07, 6.45) is 2.42. The second kappa shape index (κ2) is 26.0. The van der Waals surface area contributed by atoms with Crippen molar-refractivity contribution in [3.63, 3.8) is 0 Å². The van der Waals surface area contributed by atoms with Gasteiger partial charge in [0.25, 0.3) is 5.91 Å². The van der Waals surface area contributed by atoms with Crippen LogP contribution in [-0.4, -0.2) is 95.8 Å². The molecule has 398 valence electrons. The molecule has 74 heavy (non-hydrogen) atoms. The molecule has 0 aliphatic carbocycles. The first kappa shape index (κ1) is 57.3. The summed E-state index contributed by atoms with van der Waals surface area (Å²) in [5.41, 5.74) is 1.92. The molecule has 4 aromatic rings. The van der Waals surface area contributed by atoms with Crippen molar-refractivity contribution < 1.29 is 46.6 Å². The van der Waals surface area contributed by atoms with Gasteiger partial charge in [-0.1, -0.05) is 51.5 Å². The van der Waals surface area contributed by atoms with Gasteiger partial charge in [-0.05, 0) is 143 Å². The number of amides is 4. The molecule has 3 aromatic carbocycles. The Morgan fingerprint density at radius 2 is 1.51 bits per heavy atom. The number of rotatable bonds is 25. The predicted octanol–water partition coefficient (Wildman–Crippen LogP) is 10.3. The number of nitriles is 1. The molecule has 2 saturated heterocycles. The zero-order valence-electron chi connectivity index (χ0n) is 43.1. The largest absolute Gasteiger partial charge is 0.494 e. The maximum absolute atomic E-state index is 13.9. The highest BCUT2D eigenvalue weighted by atomic mass is 32.1. The molecule has 4 amide bonds. The van der Waals surface area contributed by atoms with E-state index in [-0.39, 0.29) is 28.5 Å². The number of anilines is 2. The van der Waals surface area contributed by atoms with Crippen LogP contribution in [0.3, 0.4) is 0 Å². The number of carbonyl (C=O) groups is 4. The normalized spacial score (nSPS) is 16.1. The van der Waals surface area contributed by atoms with Crippen LogP contribution >= 0.6 is 23.6 Å². The number of thiocarbonyl (C=S) groups is 1. The van der Waals surface area contributed by atoms with Gasteiger partial charge in [0.2, 0.25) is 17.7 Å². The third kappa shape index (κ3) is 14.9. The number of hydrogen-bond acceptors (Lipinski definition) is 11. The average Bonchev–Trinajstić information content (AvgIpc) is 4.08. The lowest BCUT2D eigenvalue weighted by Gasteiger charge is -2.35. The zero-order valence-corrected chi connectivity index (χ0v) is 44.8. The lowest BCUT2D eigenvalue weighted by molar-refractivity contribution is -0.144. The fourth-order valence-electron chi connectivity index (χ4n) is 8.94. The van der Waals surface area contributed by atoms with Crippen molar-refractivity contribution in [2.24, 2.45) is 5.41 Å². The molecular weight excluding hydrogens is 992 g/mol. The van der Waals surface area contributed by atoms with E-state index in [4.69, 9.17) is 26.4 Å². The van der Waals surface area contributed by atoms with Crippen molar-refractivity contribution in [3.05, 3.63) is 94.6 Å². The van der Waals surface area contributed by atoms with E-state index in [9.17, 15) is 37.6 Å². The van der Waals surface area contributed by atoms with Crippen molar-refractivity contribution in [1.82, 2.24) is 20.5 Å². The lowest BCUT2D eigenvalue weighted by atomic mass is 9.85. The molecule has 19 heteroatoms. The molecule has 2 fully saturated rings. The summed E-state index contributed by atoms with van der Waals surface area (Å²) in [7, 11) is 0. The van der Waals surface area contributed by atoms with Gasteiger partial charge in [-0.2, -0.15) is 18.4 Å². The summed E-state index contributed by atoms with van der Waals surface area (Å²) in [6.45, 7) is 14.8. The average molecular weight is 1060 g/mol. The Morgan fingerprint density at radius 3 is 2.11 bits per heavy atom. The molecule has 0 radical (unpaired) electrons. The van der Waals surface area contributed by atoms with Crippen molar-refractivity contribution >= 4 is 63.7 Å². The van der Waals surface area contributed by atoms with Gasteiger partial charge in [0.1, 0.15) is 23.4 Å². The molecule has 2 aliphatic heterocycles. The topological polar surface area (TPSA) is 166 Å². The number of carbonyl (C=O) groups excluding carboxylic acids is 4. The predicted molar refractivity (Wildman–Crippen MR) is 284 cm³/mol. The smallest absolute Gasteiger partial charge is 0.417 e. The maximum Gasteiger partial charge on any atom is 0.417 e. The maximum atomic E-state index is 13.9. The molecule has 2 N–H and O–H groups in total. The molecule has 14 nitrogen and oxygen atoms in total. The third-order valence-corrected chi connectivity index (χ3v) is 14.4. The molecule has 0 spiro atoms. The van der Waals surface area contributed by atoms with Crippen molar-refractivity contribution in [3.8, 4) is 22.3 Å². The summed E-state index contributed by atoms with van der Waals surface area (Å²) < 4.78 is 58.6. The first-order valence-corrected chi connectivity index (χ1v) is 26.6. The Bertz CT molecular complexity index is 2610. The van der Waals surface area contributed by atoms with Crippen LogP contribution in [0.5, 0.6) is 5.75 Å². The molecule has 2 atom stereocenters. The fourth-order valence-corrected chi connectivity index (χ4v) is 10.3. The van der Waals surface area contributed by atoms with Crippen LogP contribution < -0.4 is 25.2 Å². The molecular formula is C55H68F3N7O7S2. The minimum atomic E-state index is -4.79. The summed E-state index contributed by atoms with van der Waals surface area (Å²) in [6, 6.07) is 18.3. The number of alkyl halides is 3. The zero-order chi connectivity index (χ0) is 53.6. The fraction of sp³-hybridized carbons (Fsp3) is 0.509. The number of benzene rings is 3. The lowest BCUT2D eigenvalue weighted by Crippen LogP contribution is -2.57. The number of nitrogens with zero attached hydrogens (tertiary/aromatic N) is 5. The van der Waals surface area contributed by atoms with Gasteiger partial charge in [-0.15, -0.1) is 11.3 Å². The van der Waals surface area contributed by atoms with Crippen molar-refractivity contribution in [2.75, 3.05) is 49.4 Å². The van der Waals surface area contributed by atoms with Gasteiger partial charge >= 0.3 is 6.18 Å². The number of aryl methyl sites for hydroxylation is 1.